The van der Waals surface area contributed by atoms with E-state index < -0.39 is 15.8 Å². The van der Waals surface area contributed by atoms with Crippen molar-refractivity contribution in [3.63, 3.8) is 0 Å². The third-order valence-electron chi connectivity index (χ3n) is 3.37. The number of sulfone groups is 1. The van der Waals surface area contributed by atoms with Crippen molar-refractivity contribution in [2.45, 2.75) is 39.7 Å². The van der Waals surface area contributed by atoms with Gasteiger partial charge in [0.25, 0.3) is 0 Å². The zero-order valence-electron chi connectivity index (χ0n) is 13.3. The lowest BCUT2D eigenvalue weighted by Gasteiger charge is -2.06. The SMILES string of the molecule is Cc1nc(NC(=O)C[C@@H]2CCS(=O)(=O)C2)sc1C(=O)OC(C)C. The summed E-state index contributed by atoms with van der Waals surface area (Å²) in [5.74, 6) is -0.691. The first-order valence-corrected chi connectivity index (χ1v) is 9.99. The summed E-state index contributed by atoms with van der Waals surface area (Å²) in [7, 11) is -2.99. The van der Waals surface area contributed by atoms with Crippen molar-refractivity contribution < 1.29 is 22.7 Å². The third kappa shape index (κ3) is 5.00. The first-order chi connectivity index (χ1) is 10.7. The second-order valence-electron chi connectivity index (χ2n) is 5.91. The van der Waals surface area contributed by atoms with E-state index in [4.69, 9.17) is 4.74 Å². The summed E-state index contributed by atoms with van der Waals surface area (Å²) in [5, 5.41) is 2.95. The van der Waals surface area contributed by atoms with Crippen LogP contribution in [-0.2, 0) is 19.4 Å². The van der Waals surface area contributed by atoms with Gasteiger partial charge >= 0.3 is 5.97 Å². The number of thiazole rings is 1. The van der Waals surface area contributed by atoms with E-state index in [0.29, 0.717) is 22.1 Å². The number of esters is 1. The van der Waals surface area contributed by atoms with Gasteiger partial charge in [-0.3, -0.25) is 4.79 Å². The molecule has 0 saturated carbocycles. The Morgan fingerprint density at radius 3 is 2.70 bits per heavy atom. The molecule has 1 fully saturated rings. The van der Waals surface area contributed by atoms with Crippen molar-refractivity contribution in [3.05, 3.63) is 10.6 Å². The zero-order valence-corrected chi connectivity index (χ0v) is 14.9. The molecule has 1 aromatic heterocycles. The second kappa shape index (κ2) is 6.96. The van der Waals surface area contributed by atoms with Gasteiger partial charge in [0.05, 0.1) is 23.3 Å². The lowest BCUT2D eigenvalue weighted by Crippen LogP contribution is -2.17. The fraction of sp³-hybridized carbons (Fsp3) is 0.643. The molecule has 7 nitrogen and oxygen atoms in total. The molecule has 1 N–H and O–H groups in total. The summed E-state index contributed by atoms with van der Waals surface area (Å²) in [6, 6.07) is 0. The Labute approximate surface area is 139 Å². The number of carbonyl (C=O) groups is 2. The number of aromatic nitrogens is 1. The molecule has 0 spiro atoms. The lowest BCUT2D eigenvalue weighted by molar-refractivity contribution is -0.116. The Morgan fingerprint density at radius 1 is 1.43 bits per heavy atom. The Kier molecular flexibility index (Phi) is 5.41. The Bertz CT molecular complexity index is 709. The molecule has 2 heterocycles. The van der Waals surface area contributed by atoms with Gasteiger partial charge < -0.3 is 10.1 Å². The van der Waals surface area contributed by atoms with Gasteiger partial charge in [-0.05, 0) is 33.1 Å². The van der Waals surface area contributed by atoms with Gasteiger partial charge in [0.2, 0.25) is 5.91 Å². The number of nitrogens with one attached hydrogen (secondary N) is 1. The highest BCUT2D eigenvalue weighted by Gasteiger charge is 2.29. The van der Waals surface area contributed by atoms with Crippen molar-refractivity contribution in [1.82, 2.24) is 4.98 Å². The Balaban J connectivity index is 1.95. The third-order valence-corrected chi connectivity index (χ3v) is 6.26. The molecular weight excluding hydrogens is 340 g/mol. The van der Waals surface area contributed by atoms with Crippen LogP contribution in [0.25, 0.3) is 0 Å². The summed E-state index contributed by atoms with van der Waals surface area (Å²) in [6.07, 6.45) is 0.425. The van der Waals surface area contributed by atoms with Crippen LogP contribution in [0.5, 0.6) is 0 Å². The molecule has 1 aliphatic rings. The summed E-state index contributed by atoms with van der Waals surface area (Å²) in [4.78, 5) is 28.4. The first-order valence-electron chi connectivity index (χ1n) is 7.35. The maximum atomic E-state index is 12.0. The highest BCUT2D eigenvalue weighted by Crippen LogP contribution is 2.26. The van der Waals surface area contributed by atoms with E-state index in [1.807, 2.05) is 0 Å². The number of aryl methyl sites for hydroxylation is 1. The number of amides is 1. The van der Waals surface area contributed by atoms with E-state index in [2.05, 4.69) is 10.3 Å². The molecular formula is C14H20N2O5S2. The van der Waals surface area contributed by atoms with Gasteiger partial charge in [-0.2, -0.15) is 0 Å². The van der Waals surface area contributed by atoms with E-state index in [1.165, 1.54) is 0 Å². The Hall–Kier alpha value is -1.48. The standard InChI is InChI=1S/C14H20N2O5S2/c1-8(2)21-13(18)12-9(3)15-14(22-12)16-11(17)6-10-4-5-23(19,20)7-10/h8,10H,4-7H2,1-3H3,(H,15,16,17)/t10-/m0/s1. The number of nitrogens with zero attached hydrogens (tertiary/aromatic N) is 1. The van der Waals surface area contributed by atoms with E-state index in [1.54, 1.807) is 20.8 Å². The molecule has 1 amide bonds. The molecule has 9 heteroatoms. The molecule has 1 aliphatic heterocycles. The average molecular weight is 360 g/mol. The van der Waals surface area contributed by atoms with Gasteiger partial charge in [-0.25, -0.2) is 18.2 Å². The Morgan fingerprint density at radius 2 is 2.13 bits per heavy atom. The summed E-state index contributed by atoms with van der Waals surface area (Å²) >= 11 is 1.06. The minimum atomic E-state index is -2.99. The fourth-order valence-electron chi connectivity index (χ4n) is 2.37. The van der Waals surface area contributed by atoms with Crippen LogP contribution in [0, 0.1) is 12.8 Å². The molecule has 1 saturated heterocycles. The highest BCUT2D eigenvalue weighted by atomic mass is 32.2. The number of hydrogen-bond donors (Lipinski definition) is 1. The molecule has 0 radical (unpaired) electrons. The number of carbonyl (C=O) groups excluding carboxylic acids is 2. The molecule has 2 rings (SSSR count). The van der Waals surface area contributed by atoms with Crippen LogP contribution in [0.1, 0.15) is 42.1 Å². The average Bonchev–Trinajstić information content (AvgIpc) is 2.91. The number of rotatable bonds is 5. The second-order valence-corrected chi connectivity index (χ2v) is 9.14. The van der Waals surface area contributed by atoms with Crippen LogP contribution < -0.4 is 5.32 Å². The minimum Gasteiger partial charge on any atom is -0.459 e. The van der Waals surface area contributed by atoms with Crippen molar-refractivity contribution >= 4 is 38.2 Å². The first kappa shape index (κ1) is 17.9. The van der Waals surface area contributed by atoms with Gasteiger partial charge in [0.15, 0.2) is 15.0 Å². The van der Waals surface area contributed by atoms with Crippen LogP contribution in [0.3, 0.4) is 0 Å². The molecule has 0 bridgehead atoms. The van der Waals surface area contributed by atoms with Crippen LogP contribution in [-0.4, -0.2) is 42.9 Å². The zero-order chi connectivity index (χ0) is 17.2. The van der Waals surface area contributed by atoms with E-state index in [0.717, 1.165) is 11.3 Å². The van der Waals surface area contributed by atoms with Crippen LogP contribution in [0.4, 0.5) is 5.13 Å². The maximum absolute atomic E-state index is 12.0. The van der Waals surface area contributed by atoms with Gasteiger partial charge in [0.1, 0.15) is 4.88 Å². The highest BCUT2D eigenvalue weighted by molar-refractivity contribution is 7.91. The number of anilines is 1. The smallest absolute Gasteiger partial charge is 0.350 e. The number of ether oxygens (including phenoxy) is 1. The summed E-state index contributed by atoms with van der Waals surface area (Å²) < 4.78 is 27.9. The molecule has 0 aliphatic carbocycles. The van der Waals surface area contributed by atoms with E-state index >= 15 is 0 Å². The predicted octanol–water partition coefficient (Wildman–Crippen LogP) is 1.78. The normalized spacial score (nSPS) is 19.7. The van der Waals surface area contributed by atoms with Gasteiger partial charge in [-0.1, -0.05) is 11.3 Å². The fourth-order valence-corrected chi connectivity index (χ4v) is 5.10. The molecule has 1 aromatic rings. The molecule has 0 unspecified atom stereocenters. The lowest BCUT2D eigenvalue weighted by atomic mass is 10.1. The van der Waals surface area contributed by atoms with Crippen molar-refractivity contribution in [1.29, 1.82) is 0 Å². The topological polar surface area (TPSA) is 102 Å². The van der Waals surface area contributed by atoms with Crippen molar-refractivity contribution in [2.75, 3.05) is 16.8 Å². The van der Waals surface area contributed by atoms with Crippen molar-refractivity contribution in [2.24, 2.45) is 5.92 Å². The molecule has 128 valence electrons. The monoisotopic (exact) mass is 360 g/mol. The van der Waals surface area contributed by atoms with Crippen LogP contribution in [0.2, 0.25) is 0 Å². The van der Waals surface area contributed by atoms with E-state index in [9.17, 15) is 18.0 Å². The van der Waals surface area contributed by atoms with Gasteiger partial charge in [-0.15, -0.1) is 0 Å². The molecule has 1 atom stereocenters. The summed E-state index contributed by atoms with van der Waals surface area (Å²) in [6.45, 7) is 5.19. The number of hydrogen-bond acceptors (Lipinski definition) is 7. The van der Waals surface area contributed by atoms with Crippen LogP contribution in [0.15, 0.2) is 0 Å². The maximum Gasteiger partial charge on any atom is 0.350 e. The summed E-state index contributed by atoms with van der Waals surface area (Å²) in [5.41, 5.74) is 0.499. The van der Waals surface area contributed by atoms with Crippen LogP contribution >= 0.6 is 11.3 Å². The van der Waals surface area contributed by atoms with E-state index in [-0.39, 0.29) is 35.9 Å². The van der Waals surface area contributed by atoms with Crippen molar-refractivity contribution in [3.8, 4) is 0 Å². The minimum absolute atomic E-state index is 0.0588. The van der Waals surface area contributed by atoms with Gasteiger partial charge in [0, 0.05) is 6.42 Å². The molecule has 0 aromatic carbocycles. The quantitative estimate of drug-likeness (QED) is 0.803. The largest absolute Gasteiger partial charge is 0.459 e. The molecule has 23 heavy (non-hydrogen) atoms. The predicted molar refractivity (Wildman–Crippen MR) is 87.4 cm³/mol.